The fourth-order valence-electron chi connectivity index (χ4n) is 1.23. The quantitative estimate of drug-likeness (QED) is 0.291. The minimum atomic E-state index is -3.49. The van der Waals surface area contributed by atoms with Gasteiger partial charge in [0.05, 0.1) is 5.75 Å². The topological polar surface area (TPSA) is 140 Å². The van der Waals surface area contributed by atoms with E-state index in [0.717, 1.165) is 0 Å². The van der Waals surface area contributed by atoms with Gasteiger partial charge >= 0.3 is 0 Å². The Morgan fingerprint density at radius 3 is 2.78 bits per heavy atom. The van der Waals surface area contributed by atoms with E-state index in [1.165, 1.54) is 18.3 Å². The zero-order chi connectivity index (χ0) is 13.6. The van der Waals surface area contributed by atoms with Gasteiger partial charge < -0.3 is 10.7 Å². The molecular formula is C9H15N5O3S. The molecule has 0 saturated carbocycles. The summed E-state index contributed by atoms with van der Waals surface area (Å²) in [6.07, 6.45) is 1.70. The van der Waals surface area contributed by atoms with Gasteiger partial charge in [-0.2, -0.15) is 0 Å². The van der Waals surface area contributed by atoms with Gasteiger partial charge in [0.15, 0.2) is 0 Å². The predicted molar refractivity (Wildman–Crippen MR) is 67.0 cm³/mol. The fourth-order valence-corrected chi connectivity index (χ4v) is 1.77. The van der Waals surface area contributed by atoms with Crippen LogP contribution in [0.15, 0.2) is 18.3 Å². The Labute approximate surface area is 105 Å². The number of anilines is 1. The standard InChI is InChI=1S/C9H15N5O3S/c10-14-8-6-7(2-4-12-8)9(15)13-3-1-5-18(11,16)17/h2,4,6H,1,3,5,10H2,(H,12,14)(H,13,15)(H2,11,16,17). The van der Waals surface area contributed by atoms with Crippen molar-refractivity contribution in [1.29, 1.82) is 0 Å². The van der Waals surface area contributed by atoms with Crippen LogP contribution in [0.2, 0.25) is 0 Å². The molecular weight excluding hydrogens is 258 g/mol. The lowest BCUT2D eigenvalue weighted by Crippen LogP contribution is -2.27. The number of aromatic nitrogens is 1. The number of hydrogen-bond donors (Lipinski definition) is 4. The molecule has 0 unspecified atom stereocenters. The number of amides is 1. The molecule has 0 aliphatic rings. The molecule has 1 rings (SSSR count). The van der Waals surface area contributed by atoms with Crippen molar-refractivity contribution < 1.29 is 13.2 Å². The van der Waals surface area contributed by atoms with E-state index in [1.807, 2.05) is 0 Å². The van der Waals surface area contributed by atoms with Gasteiger partial charge in [0, 0.05) is 18.3 Å². The van der Waals surface area contributed by atoms with Crippen LogP contribution >= 0.6 is 0 Å². The van der Waals surface area contributed by atoms with E-state index >= 15 is 0 Å². The number of nitrogens with zero attached hydrogens (tertiary/aromatic N) is 1. The number of carbonyl (C=O) groups excluding carboxylic acids is 1. The molecule has 8 nitrogen and oxygen atoms in total. The average molecular weight is 273 g/mol. The van der Waals surface area contributed by atoms with Gasteiger partial charge in [0.1, 0.15) is 5.82 Å². The SMILES string of the molecule is NNc1cc(C(=O)NCCCS(N)(=O)=O)ccn1. The van der Waals surface area contributed by atoms with E-state index in [4.69, 9.17) is 11.0 Å². The first-order valence-corrected chi connectivity index (χ1v) is 6.85. The number of nitrogen functional groups attached to an aromatic ring is 1. The van der Waals surface area contributed by atoms with Crippen LogP contribution in [0.5, 0.6) is 0 Å². The zero-order valence-corrected chi connectivity index (χ0v) is 10.4. The molecule has 1 aromatic rings. The molecule has 0 saturated heterocycles. The van der Waals surface area contributed by atoms with Crippen LogP contribution in [-0.4, -0.2) is 31.6 Å². The Bertz CT molecular complexity index is 517. The van der Waals surface area contributed by atoms with Crippen LogP contribution < -0.4 is 21.7 Å². The molecule has 0 spiro atoms. The van der Waals surface area contributed by atoms with Gasteiger partial charge in [0.25, 0.3) is 5.91 Å². The van der Waals surface area contributed by atoms with Gasteiger partial charge in [-0.15, -0.1) is 0 Å². The molecule has 0 aliphatic heterocycles. The summed E-state index contributed by atoms with van der Waals surface area (Å²) in [5, 5.41) is 7.40. The molecule has 6 N–H and O–H groups in total. The first-order chi connectivity index (χ1) is 8.42. The maximum atomic E-state index is 11.6. The molecule has 1 aromatic heterocycles. The normalized spacial score (nSPS) is 11.0. The summed E-state index contributed by atoms with van der Waals surface area (Å²) >= 11 is 0. The minimum Gasteiger partial charge on any atom is -0.352 e. The second kappa shape index (κ2) is 6.28. The lowest BCUT2D eigenvalue weighted by molar-refractivity contribution is 0.0953. The van der Waals surface area contributed by atoms with Crippen molar-refractivity contribution in [3.8, 4) is 0 Å². The average Bonchev–Trinajstić information content (AvgIpc) is 2.33. The number of pyridine rings is 1. The molecule has 9 heteroatoms. The summed E-state index contributed by atoms with van der Waals surface area (Å²) in [7, 11) is -3.49. The Morgan fingerprint density at radius 1 is 1.44 bits per heavy atom. The maximum Gasteiger partial charge on any atom is 0.251 e. The monoisotopic (exact) mass is 273 g/mol. The number of sulfonamides is 1. The summed E-state index contributed by atoms with van der Waals surface area (Å²) in [5.74, 6) is 5.03. The highest BCUT2D eigenvalue weighted by Crippen LogP contribution is 2.04. The highest BCUT2D eigenvalue weighted by atomic mass is 32.2. The number of nitrogens with one attached hydrogen (secondary N) is 2. The maximum absolute atomic E-state index is 11.6. The number of rotatable bonds is 6. The first-order valence-electron chi connectivity index (χ1n) is 5.14. The number of nitrogens with two attached hydrogens (primary N) is 2. The Hall–Kier alpha value is -1.71. The largest absolute Gasteiger partial charge is 0.352 e. The van der Waals surface area contributed by atoms with Crippen molar-refractivity contribution in [3.05, 3.63) is 23.9 Å². The highest BCUT2D eigenvalue weighted by molar-refractivity contribution is 7.89. The Kier molecular flexibility index (Phi) is 5.01. The third-order valence-corrected chi connectivity index (χ3v) is 2.92. The van der Waals surface area contributed by atoms with Gasteiger partial charge in [-0.3, -0.25) is 4.79 Å². The van der Waals surface area contributed by atoms with E-state index < -0.39 is 10.0 Å². The Balaban J connectivity index is 2.45. The van der Waals surface area contributed by atoms with Gasteiger partial charge in [0.2, 0.25) is 10.0 Å². The van der Waals surface area contributed by atoms with Crippen LogP contribution in [0.25, 0.3) is 0 Å². The highest BCUT2D eigenvalue weighted by Gasteiger charge is 2.07. The molecule has 1 heterocycles. The molecule has 0 atom stereocenters. The molecule has 18 heavy (non-hydrogen) atoms. The first kappa shape index (κ1) is 14.4. The second-order valence-electron chi connectivity index (χ2n) is 3.55. The lowest BCUT2D eigenvalue weighted by Gasteiger charge is -2.05. The Morgan fingerprint density at radius 2 is 2.17 bits per heavy atom. The van der Waals surface area contributed by atoms with Gasteiger partial charge in [-0.1, -0.05) is 0 Å². The third-order valence-electron chi connectivity index (χ3n) is 2.06. The van der Waals surface area contributed by atoms with Crippen LogP contribution in [0.1, 0.15) is 16.8 Å². The molecule has 1 amide bonds. The predicted octanol–water partition coefficient (Wildman–Crippen LogP) is -1.22. The molecule has 100 valence electrons. The van der Waals surface area contributed by atoms with Crippen molar-refractivity contribution in [2.75, 3.05) is 17.7 Å². The summed E-state index contributed by atoms with van der Waals surface area (Å²) in [5.41, 5.74) is 2.71. The molecule has 0 aromatic carbocycles. The van der Waals surface area contributed by atoms with E-state index in [9.17, 15) is 13.2 Å². The van der Waals surface area contributed by atoms with Crippen LogP contribution in [0.4, 0.5) is 5.82 Å². The smallest absolute Gasteiger partial charge is 0.251 e. The summed E-state index contributed by atoms with van der Waals surface area (Å²) in [4.78, 5) is 15.5. The summed E-state index contributed by atoms with van der Waals surface area (Å²) < 4.78 is 21.3. The number of hydrogen-bond acceptors (Lipinski definition) is 6. The molecule has 0 radical (unpaired) electrons. The summed E-state index contributed by atoms with van der Waals surface area (Å²) in [6.45, 7) is 0.225. The van der Waals surface area contributed by atoms with Crippen molar-refractivity contribution in [3.63, 3.8) is 0 Å². The van der Waals surface area contributed by atoms with E-state index in [0.29, 0.717) is 11.4 Å². The van der Waals surface area contributed by atoms with Crippen molar-refractivity contribution >= 4 is 21.7 Å². The fraction of sp³-hybridized carbons (Fsp3) is 0.333. The van der Waals surface area contributed by atoms with Gasteiger partial charge in [-0.05, 0) is 18.6 Å². The van der Waals surface area contributed by atoms with Crippen LogP contribution in [0, 0.1) is 0 Å². The van der Waals surface area contributed by atoms with E-state index in [2.05, 4.69) is 15.7 Å². The minimum absolute atomic E-state index is 0.167. The molecule has 0 bridgehead atoms. The van der Waals surface area contributed by atoms with E-state index in [1.54, 1.807) is 0 Å². The molecule has 0 aliphatic carbocycles. The van der Waals surface area contributed by atoms with Crippen molar-refractivity contribution in [2.45, 2.75) is 6.42 Å². The second-order valence-corrected chi connectivity index (χ2v) is 5.28. The third kappa shape index (κ3) is 5.08. The van der Waals surface area contributed by atoms with Crippen LogP contribution in [0.3, 0.4) is 0 Å². The number of hydrazine groups is 1. The lowest BCUT2D eigenvalue weighted by atomic mass is 10.2. The summed E-state index contributed by atoms with van der Waals surface area (Å²) in [6, 6.07) is 3.00. The zero-order valence-electron chi connectivity index (χ0n) is 9.59. The van der Waals surface area contributed by atoms with Crippen molar-refractivity contribution in [2.24, 2.45) is 11.0 Å². The van der Waals surface area contributed by atoms with Crippen molar-refractivity contribution in [1.82, 2.24) is 10.3 Å². The van der Waals surface area contributed by atoms with E-state index in [-0.39, 0.29) is 24.6 Å². The molecule has 0 fully saturated rings. The number of carbonyl (C=O) groups is 1. The van der Waals surface area contributed by atoms with Crippen LogP contribution in [-0.2, 0) is 10.0 Å². The number of primary sulfonamides is 1. The van der Waals surface area contributed by atoms with Gasteiger partial charge in [-0.25, -0.2) is 24.4 Å².